The van der Waals surface area contributed by atoms with Crippen molar-refractivity contribution in [3.05, 3.63) is 168 Å². The van der Waals surface area contributed by atoms with Crippen molar-refractivity contribution in [2.24, 2.45) is 0 Å². The molecule has 0 fully saturated rings. The van der Waals surface area contributed by atoms with Gasteiger partial charge in [-0.15, -0.1) is 0 Å². The smallest absolute Gasteiger partial charge is 0.149 e. The molecule has 4 heteroatoms. The molecule has 8 aromatic rings. The molecule has 0 aliphatic heterocycles. The molecular weight excluding hydrogens is 695 g/mol. The maximum absolute atomic E-state index is 12.4. The second kappa shape index (κ2) is 14.7. The Labute approximate surface area is 337 Å². The summed E-state index contributed by atoms with van der Waals surface area (Å²) < 4.78 is 2.29. The minimum absolute atomic E-state index is 0.162. The van der Waals surface area contributed by atoms with Crippen molar-refractivity contribution in [1.29, 1.82) is 0 Å². The van der Waals surface area contributed by atoms with E-state index in [1.54, 1.807) is 0 Å². The molecule has 0 saturated heterocycles. The number of phenols is 1. The number of nitrogens with zero attached hydrogens (tertiary/aromatic N) is 3. The average molecular weight is 746 g/mol. The fourth-order valence-corrected chi connectivity index (χ4v) is 7.86. The van der Waals surface area contributed by atoms with Crippen LogP contribution in [-0.4, -0.2) is 19.6 Å². The van der Waals surface area contributed by atoms with Crippen molar-refractivity contribution in [3.8, 4) is 67.5 Å². The third-order valence-electron chi connectivity index (χ3n) is 11.0. The second-order valence-electron chi connectivity index (χ2n) is 17.5. The van der Waals surface area contributed by atoms with Gasteiger partial charge in [-0.2, -0.15) is 0 Å². The Morgan fingerprint density at radius 3 is 1.82 bits per heavy atom. The number of pyridine rings is 1. The van der Waals surface area contributed by atoms with Gasteiger partial charge in [-0.25, -0.2) is 4.98 Å². The quantitative estimate of drug-likeness (QED) is 0.177. The molecule has 0 aliphatic rings. The number of aromatic hydroxyl groups is 1. The first-order valence-electron chi connectivity index (χ1n) is 20.0. The molecule has 0 amide bonds. The Morgan fingerprint density at radius 2 is 1.19 bits per heavy atom. The van der Waals surface area contributed by atoms with Crippen LogP contribution in [0, 0.1) is 0 Å². The molecule has 0 unspecified atom stereocenters. The number of benzene rings is 6. The Bertz CT molecular complexity index is 2660. The van der Waals surface area contributed by atoms with Gasteiger partial charge < -0.3 is 5.11 Å². The highest BCUT2D eigenvalue weighted by Gasteiger charge is 2.29. The summed E-state index contributed by atoms with van der Waals surface area (Å²) in [5, 5.41) is 12.4. The lowest BCUT2D eigenvalue weighted by Crippen LogP contribution is -2.17. The molecule has 0 aliphatic carbocycles. The van der Waals surface area contributed by atoms with Gasteiger partial charge in [-0.3, -0.25) is 9.55 Å². The zero-order valence-corrected chi connectivity index (χ0v) is 34.3. The molecule has 2 aromatic heterocycles. The third-order valence-corrected chi connectivity index (χ3v) is 11.0. The maximum Gasteiger partial charge on any atom is 0.149 e. The lowest BCUT2D eigenvalue weighted by atomic mass is 9.79. The summed E-state index contributed by atoms with van der Waals surface area (Å²) in [4.78, 5) is 10.4. The van der Waals surface area contributed by atoms with E-state index in [2.05, 4.69) is 193 Å². The van der Waals surface area contributed by atoms with Gasteiger partial charge in [0.05, 0.1) is 28.0 Å². The highest BCUT2D eigenvalue weighted by Crippen LogP contribution is 2.45. The van der Waals surface area contributed by atoms with Gasteiger partial charge in [0.1, 0.15) is 11.6 Å². The highest BCUT2D eigenvalue weighted by atomic mass is 16.3. The SMILES string of the molecule is CC(C)c1cc(-c2ccccc2)ccc1-n1c(-c2cc(C(C)(C)C)cc(C(C)(C)C)c2O)nc2c(-c3cc(-c4ccccc4)cc(-c4ccccn4)c3)cccc21. The summed E-state index contributed by atoms with van der Waals surface area (Å²) in [5.41, 5.74) is 15.0. The number of phenolic OH excluding ortho intramolecular Hbond substituents is 1. The molecule has 284 valence electrons. The maximum atomic E-state index is 12.4. The first-order chi connectivity index (χ1) is 27.3. The van der Waals surface area contributed by atoms with Crippen LogP contribution < -0.4 is 0 Å². The van der Waals surface area contributed by atoms with Gasteiger partial charge in [-0.1, -0.05) is 146 Å². The van der Waals surface area contributed by atoms with Crippen LogP contribution in [0.5, 0.6) is 5.75 Å². The van der Waals surface area contributed by atoms with Crippen LogP contribution in [0.3, 0.4) is 0 Å². The molecule has 4 nitrogen and oxygen atoms in total. The lowest BCUT2D eigenvalue weighted by Gasteiger charge is -2.28. The number of para-hydroxylation sites is 1. The topological polar surface area (TPSA) is 50.9 Å². The van der Waals surface area contributed by atoms with Crippen LogP contribution >= 0.6 is 0 Å². The van der Waals surface area contributed by atoms with Crippen molar-refractivity contribution in [1.82, 2.24) is 14.5 Å². The van der Waals surface area contributed by atoms with Gasteiger partial charge in [0.25, 0.3) is 0 Å². The fourth-order valence-electron chi connectivity index (χ4n) is 7.86. The Morgan fingerprint density at radius 1 is 0.544 bits per heavy atom. The summed E-state index contributed by atoms with van der Waals surface area (Å²) in [5.74, 6) is 1.19. The molecule has 0 bridgehead atoms. The van der Waals surface area contributed by atoms with Gasteiger partial charge in [-0.05, 0) is 110 Å². The zero-order chi connectivity index (χ0) is 40.1. The second-order valence-corrected chi connectivity index (χ2v) is 17.5. The summed E-state index contributed by atoms with van der Waals surface area (Å²) in [7, 11) is 0. The highest BCUT2D eigenvalue weighted by molar-refractivity contribution is 5.98. The van der Waals surface area contributed by atoms with Gasteiger partial charge in [0.2, 0.25) is 0 Å². The molecule has 1 N–H and O–H groups in total. The molecular formula is C53H51N3O. The van der Waals surface area contributed by atoms with E-state index in [9.17, 15) is 5.11 Å². The van der Waals surface area contributed by atoms with E-state index >= 15 is 0 Å². The molecule has 2 heterocycles. The summed E-state index contributed by atoms with van der Waals surface area (Å²) in [6, 6.07) is 51.4. The summed E-state index contributed by atoms with van der Waals surface area (Å²) in [6.07, 6.45) is 1.85. The third kappa shape index (κ3) is 7.29. The number of hydrogen-bond donors (Lipinski definition) is 1. The summed E-state index contributed by atoms with van der Waals surface area (Å²) in [6.45, 7) is 17.7. The van der Waals surface area contributed by atoms with Crippen molar-refractivity contribution >= 4 is 11.0 Å². The minimum Gasteiger partial charge on any atom is -0.507 e. The number of hydrogen-bond acceptors (Lipinski definition) is 3. The van der Waals surface area contributed by atoms with Gasteiger partial charge >= 0.3 is 0 Å². The molecule has 0 spiro atoms. The number of imidazole rings is 1. The number of fused-ring (bicyclic) bond motifs is 1. The molecule has 8 rings (SSSR count). The van der Waals surface area contributed by atoms with Crippen LogP contribution in [0.1, 0.15) is 78.0 Å². The van der Waals surface area contributed by atoms with Crippen molar-refractivity contribution < 1.29 is 5.11 Å². The van der Waals surface area contributed by atoms with Crippen LogP contribution in [0.15, 0.2) is 152 Å². The largest absolute Gasteiger partial charge is 0.507 e. The molecule has 0 atom stereocenters. The normalized spacial score (nSPS) is 12.1. The minimum atomic E-state index is -0.303. The molecule has 57 heavy (non-hydrogen) atoms. The lowest BCUT2D eigenvalue weighted by molar-refractivity contribution is 0.446. The average Bonchev–Trinajstić information content (AvgIpc) is 3.60. The zero-order valence-electron chi connectivity index (χ0n) is 34.3. The van der Waals surface area contributed by atoms with Crippen LogP contribution in [0.4, 0.5) is 0 Å². The van der Waals surface area contributed by atoms with E-state index in [0.29, 0.717) is 5.82 Å². The van der Waals surface area contributed by atoms with Gasteiger partial charge in [0.15, 0.2) is 0 Å². The summed E-state index contributed by atoms with van der Waals surface area (Å²) >= 11 is 0. The van der Waals surface area contributed by atoms with E-state index in [4.69, 9.17) is 9.97 Å². The predicted octanol–water partition coefficient (Wildman–Crippen LogP) is 14.2. The number of aromatic nitrogens is 3. The standard InChI is InChI=1S/C53H51N3O/c1-34(2)43-31-37(35-18-11-9-12-19-35)25-26-47(43)56-48-24-17-22-42(39-28-38(36-20-13-10-14-21-36)29-40(30-39)46-23-15-16-27-54-46)49(48)55-51(56)44-32-41(52(3,4)5)33-45(50(44)57)53(6,7)8/h9-34,57H,1-8H3. The van der Waals surface area contributed by atoms with Crippen molar-refractivity contribution in [2.45, 2.75) is 72.1 Å². The Hall–Kier alpha value is -6.26. The van der Waals surface area contributed by atoms with Crippen LogP contribution in [0.2, 0.25) is 0 Å². The van der Waals surface area contributed by atoms with Crippen LogP contribution in [-0.2, 0) is 10.8 Å². The van der Waals surface area contributed by atoms with E-state index in [1.807, 2.05) is 18.3 Å². The first kappa shape index (κ1) is 37.7. The predicted molar refractivity (Wildman–Crippen MR) is 239 cm³/mol. The molecule has 0 radical (unpaired) electrons. The van der Waals surface area contributed by atoms with Crippen molar-refractivity contribution in [2.75, 3.05) is 0 Å². The molecule has 6 aromatic carbocycles. The van der Waals surface area contributed by atoms with E-state index in [0.717, 1.165) is 66.9 Å². The van der Waals surface area contributed by atoms with Gasteiger partial charge in [0, 0.05) is 22.9 Å². The van der Waals surface area contributed by atoms with E-state index in [-0.39, 0.29) is 22.5 Å². The Balaban J connectivity index is 1.47. The fraction of sp³-hybridized carbons (Fsp3) is 0.208. The van der Waals surface area contributed by atoms with Crippen LogP contribution in [0.25, 0.3) is 72.7 Å². The number of rotatable bonds is 7. The van der Waals surface area contributed by atoms with Crippen molar-refractivity contribution in [3.63, 3.8) is 0 Å². The van der Waals surface area contributed by atoms with E-state index < -0.39 is 0 Å². The monoisotopic (exact) mass is 745 g/mol. The first-order valence-corrected chi connectivity index (χ1v) is 20.0. The van der Waals surface area contributed by atoms with E-state index in [1.165, 1.54) is 16.7 Å². The molecule has 0 saturated carbocycles. The Kier molecular flexibility index (Phi) is 9.69.